The van der Waals surface area contributed by atoms with E-state index in [-0.39, 0.29) is 11.9 Å². The van der Waals surface area contributed by atoms with E-state index in [0.29, 0.717) is 30.6 Å². The molecule has 8 heteroatoms. The van der Waals surface area contributed by atoms with Crippen LogP contribution in [0.2, 0.25) is 0 Å². The third-order valence-electron chi connectivity index (χ3n) is 5.92. The fourth-order valence-corrected chi connectivity index (χ4v) is 5.03. The van der Waals surface area contributed by atoms with Crippen molar-refractivity contribution < 1.29 is 9.53 Å². The molecule has 30 heavy (non-hydrogen) atoms. The monoisotopic (exact) mass is 423 g/mol. The average Bonchev–Trinajstić information content (AvgIpc) is 3.15. The lowest BCUT2D eigenvalue weighted by atomic mass is 10.1. The number of aryl methyl sites for hydroxylation is 2. The first-order valence-corrected chi connectivity index (χ1v) is 11.2. The van der Waals surface area contributed by atoms with Crippen molar-refractivity contribution >= 4 is 17.2 Å². The summed E-state index contributed by atoms with van der Waals surface area (Å²) in [5.74, 6) is 0.847. The summed E-state index contributed by atoms with van der Waals surface area (Å²) in [7, 11) is 1.86. The number of rotatable bonds is 5. The number of nitrogens with zero attached hydrogens (tertiary/aromatic N) is 5. The van der Waals surface area contributed by atoms with Gasteiger partial charge in [0.1, 0.15) is 0 Å². The molecule has 0 unspecified atom stereocenters. The van der Waals surface area contributed by atoms with E-state index in [0.717, 1.165) is 36.2 Å². The van der Waals surface area contributed by atoms with E-state index < -0.39 is 0 Å². The van der Waals surface area contributed by atoms with Crippen molar-refractivity contribution in [2.45, 2.75) is 45.1 Å². The van der Waals surface area contributed by atoms with Crippen molar-refractivity contribution in [3.63, 3.8) is 0 Å². The summed E-state index contributed by atoms with van der Waals surface area (Å²) in [5.41, 5.74) is 3.59. The Hall–Kier alpha value is -2.58. The molecule has 2 aliphatic rings. The van der Waals surface area contributed by atoms with Gasteiger partial charge in [0.25, 0.3) is 11.9 Å². The molecule has 1 saturated carbocycles. The zero-order chi connectivity index (χ0) is 20.8. The maximum absolute atomic E-state index is 13.2. The highest BCUT2D eigenvalue weighted by molar-refractivity contribution is 7.12. The van der Waals surface area contributed by atoms with Crippen LogP contribution in [0.25, 0.3) is 17.2 Å². The number of carbonyl (C=O) groups excluding carboxylic acids is 1. The van der Waals surface area contributed by atoms with Crippen molar-refractivity contribution in [1.29, 1.82) is 0 Å². The predicted molar refractivity (Wildman–Crippen MR) is 115 cm³/mol. The lowest BCUT2D eigenvalue weighted by molar-refractivity contribution is 0.0710. The average molecular weight is 424 g/mol. The molecule has 1 saturated heterocycles. The van der Waals surface area contributed by atoms with E-state index in [9.17, 15) is 4.79 Å². The fourth-order valence-electron chi connectivity index (χ4n) is 4.10. The molecule has 1 aliphatic heterocycles. The van der Waals surface area contributed by atoms with Crippen molar-refractivity contribution in [1.82, 2.24) is 24.6 Å². The van der Waals surface area contributed by atoms with E-state index in [4.69, 9.17) is 9.72 Å². The van der Waals surface area contributed by atoms with Gasteiger partial charge in [0, 0.05) is 41.1 Å². The summed E-state index contributed by atoms with van der Waals surface area (Å²) >= 11 is 1.76. The molecule has 4 heterocycles. The Bertz CT molecular complexity index is 1090. The minimum Gasteiger partial charge on any atom is -0.379 e. The van der Waals surface area contributed by atoms with Gasteiger partial charge in [0.2, 0.25) is 0 Å². The summed E-state index contributed by atoms with van der Waals surface area (Å²) in [6.07, 6.45) is 6.44. The first-order valence-electron chi connectivity index (χ1n) is 10.4. The van der Waals surface area contributed by atoms with Crippen LogP contribution in [-0.4, -0.2) is 56.9 Å². The van der Waals surface area contributed by atoms with Gasteiger partial charge in [0.05, 0.1) is 35.8 Å². The van der Waals surface area contributed by atoms with Crippen LogP contribution in [0.3, 0.4) is 0 Å². The van der Waals surface area contributed by atoms with Gasteiger partial charge in [-0.2, -0.15) is 5.10 Å². The molecule has 3 aromatic rings. The molecule has 5 rings (SSSR count). The Morgan fingerprint density at radius 2 is 2.13 bits per heavy atom. The van der Waals surface area contributed by atoms with Gasteiger partial charge in [0.15, 0.2) is 0 Å². The normalized spacial score (nSPS) is 18.7. The summed E-state index contributed by atoms with van der Waals surface area (Å²) in [6.45, 7) is 5.52. The summed E-state index contributed by atoms with van der Waals surface area (Å²) in [6, 6.07) is 4.21. The van der Waals surface area contributed by atoms with Gasteiger partial charge in [-0.15, -0.1) is 11.3 Å². The number of carbonyl (C=O) groups is 1. The molecule has 7 nitrogen and oxygen atoms in total. The Labute approximate surface area is 179 Å². The number of aromatic nitrogens is 4. The van der Waals surface area contributed by atoms with Crippen molar-refractivity contribution in [2.24, 2.45) is 0 Å². The summed E-state index contributed by atoms with van der Waals surface area (Å²) in [5, 5.41) is 4.56. The van der Waals surface area contributed by atoms with Crippen LogP contribution in [-0.2, 0) is 4.74 Å². The van der Waals surface area contributed by atoms with Gasteiger partial charge in [-0.1, -0.05) is 0 Å². The van der Waals surface area contributed by atoms with E-state index in [2.05, 4.69) is 30.0 Å². The van der Waals surface area contributed by atoms with Crippen LogP contribution in [0.1, 0.15) is 51.0 Å². The fraction of sp³-hybridized carbons (Fsp3) is 0.455. The van der Waals surface area contributed by atoms with E-state index in [1.54, 1.807) is 33.3 Å². The maximum atomic E-state index is 13.2. The lowest BCUT2D eigenvalue weighted by Gasteiger charge is -2.23. The number of hydrogen-bond donors (Lipinski definition) is 0. The van der Waals surface area contributed by atoms with Crippen LogP contribution < -0.4 is 0 Å². The SMILES string of the molecule is Cc1cc(-c2ccnc(-n3ncc(C(=O)N(C)[C@H]4CCOC4)c3C3CC3)n2)c(C)s1. The Morgan fingerprint density at radius 1 is 1.30 bits per heavy atom. The van der Waals surface area contributed by atoms with Crippen LogP contribution in [0.15, 0.2) is 24.5 Å². The Balaban J connectivity index is 1.52. The van der Waals surface area contributed by atoms with Crippen molar-refractivity contribution in [2.75, 3.05) is 20.3 Å². The number of hydrogen-bond acceptors (Lipinski definition) is 6. The summed E-state index contributed by atoms with van der Waals surface area (Å²) < 4.78 is 7.23. The van der Waals surface area contributed by atoms with Crippen molar-refractivity contribution in [3.05, 3.63) is 45.5 Å². The number of amides is 1. The van der Waals surface area contributed by atoms with Crippen LogP contribution in [0.5, 0.6) is 0 Å². The molecule has 3 aromatic heterocycles. The van der Waals surface area contributed by atoms with Gasteiger partial charge < -0.3 is 9.64 Å². The van der Waals surface area contributed by atoms with E-state index >= 15 is 0 Å². The quantitative estimate of drug-likeness (QED) is 0.625. The Kier molecular flexibility index (Phi) is 4.91. The lowest BCUT2D eigenvalue weighted by Crippen LogP contribution is -2.37. The second kappa shape index (κ2) is 7.59. The van der Waals surface area contributed by atoms with Crippen molar-refractivity contribution in [3.8, 4) is 17.2 Å². The minimum absolute atomic E-state index is 0.000826. The molecule has 0 N–H and O–H groups in total. The maximum Gasteiger partial charge on any atom is 0.257 e. The summed E-state index contributed by atoms with van der Waals surface area (Å²) in [4.78, 5) is 26.8. The zero-order valence-electron chi connectivity index (χ0n) is 17.5. The highest BCUT2D eigenvalue weighted by Crippen LogP contribution is 2.42. The van der Waals surface area contributed by atoms with Gasteiger partial charge in [-0.05, 0) is 45.2 Å². The molecule has 0 bridgehead atoms. The number of ether oxygens (including phenoxy) is 1. The molecule has 1 amide bonds. The highest BCUT2D eigenvalue weighted by atomic mass is 32.1. The smallest absolute Gasteiger partial charge is 0.257 e. The van der Waals surface area contributed by atoms with E-state index in [1.807, 2.05) is 13.1 Å². The second-order valence-corrected chi connectivity index (χ2v) is 9.59. The molecule has 0 radical (unpaired) electrons. The second-order valence-electron chi connectivity index (χ2n) is 8.13. The standard InChI is InChI=1S/C22H25N5O2S/c1-13-10-17(14(2)30-13)19-6-8-23-22(25-19)27-20(15-4-5-15)18(11-24-27)21(28)26(3)16-7-9-29-12-16/h6,8,10-11,15-16H,4-5,7,9,12H2,1-3H3/t16-/m0/s1. The number of thiophene rings is 1. The first-order chi connectivity index (χ1) is 14.5. The van der Waals surface area contributed by atoms with Crippen LogP contribution in [0, 0.1) is 13.8 Å². The molecule has 1 atom stereocenters. The first kappa shape index (κ1) is 19.4. The van der Waals surface area contributed by atoms with Gasteiger partial charge in [-0.25, -0.2) is 14.6 Å². The highest BCUT2D eigenvalue weighted by Gasteiger charge is 2.36. The van der Waals surface area contributed by atoms with Gasteiger partial charge in [-0.3, -0.25) is 4.79 Å². The third-order valence-corrected chi connectivity index (χ3v) is 6.89. The molecular weight excluding hydrogens is 398 g/mol. The molecule has 1 aliphatic carbocycles. The molecule has 0 spiro atoms. The molecule has 156 valence electrons. The molecule has 0 aromatic carbocycles. The molecule has 2 fully saturated rings. The van der Waals surface area contributed by atoms with Crippen LogP contribution >= 0.6 is 11.3 Å². The third kappa shape index (κ3) is 3.44. The zero-order valence-corrected chi connectivity index (χ0v) is 18.3. The largest absolute Gasteiger partial charge is 0.379 e. The van der Waals surface area contributed by atoms with Crippen LogP contribution in [0.4, 0.5) is 0 Å². The Morgan fingerprint density at radius 3 is 2.80 bits per heavy atom. The molecular formula is C22H25N5O2S. The number of likely N-dealkylation sites (N-methyl/N-ethyl adjacent to an activating group) is 1. The minimum atomic E-state index is -0.000826. The predicted octanol–water partition coefficient (Wildman–Crippen LogP) is 3.75. The van der Waals surface area contributed by atoms with E-state index in [1.165, 1.54) is 9.75 Å². The van der Waals surface area contributed by atoms with Gasteiger partial charge >= 0.3 is 0 Å². The topological polar surface area (TPSA) is 73.1 Å².